The molecule has 0 bridgehead atoms. The van der Waals surface area contributed by atoms with E-state index in [2.05, 4.69) is 6.92 Å². The van der Waals surface area contributed by atoms with Gasteiger partial charge in [-0.05, 0) is 13.5 Å². The van der Waals surface area contributed by atoms with Gasteiger partial charge in [-0.3, -0.25) is 4.90 Å². The first-order valence-corrected chi connectivity index (χ1v) is 5.12. The molecule has 0 rings (SSSR count). The van der Waals surface area contributed by atoms with Gasteiger partial charge in [0.25, 0.3) is 0 Å². The number of hydrogen-bond donors (Lipinski definition) is 0. The summed E-state index contributed by atoms with van der Waals surface area (Å²) in [5.41, 5.74) is 0. The molecular formula is C7H13N2OS. The molecule has 0 aliphatic rings. The van der Waals surface area contributed by atoms with Gasteiger partial charge in [0.1, 0.15) is 5.75 Å². The van der Waals surface area contributed by atoms with Crippen molar-refractivity contribution in [1.82, 2.24) is 4.90 Å². The summed E-state index contributed by atoms with van der Waals surface area (Å²) in [6.45, 7) is 5.33. The molecule has 0 aliphatic carbocycles. The van der Waals surface area contributed by atoms with Gasteiger partial charge in [0, 0.05) is 6.54 Å². The maximum absolute atomic E-state index is 10.6. The van der Waals surface area contributed by atoms with Crippen LogP contribution in [0.5, 0.6) is 0 Å². The Balaban J connectivity index is 3.45. The van der Waals surface area contributed by atoms with Crippen molar-refractivity contribution in [1.29, 1.82) is 5.26 Å². The average Bonchev–Trinajstić information content (AvgIpc) is 1.97. The topological polar surface area (TPSA) is 50.1 Å². The highest BCUT2D eigenvalue weighted by molar-refractivity contribution is 7.90. The molecule has 0 aromatic carbocycles. The minimum atomic E-state index is -0.770. The van der Waals surface area contributed by atoms with Gasteiger partial charge in [-0.1, -0.05) is 11.2 Å². The lowest BCUT2D eigenvalue weighted by molar-refractivity contribution is 0.357. The van der Waals surface area contributed by atoms with Crippen LogP contribution in [0.4, 0.5) is 0 Å². The van der Waals surface area contributed by atoms with Crippen LogP contribution in [0.3, 0.4) is 0 Å². The third-order valence-corrected chi connectivity index (χ3v) is 2.06. The molecule has 1 unspecified atom stereocenters. The zero-order valence-corrected chi connectivity index (χ0v) is 7.56. The molecule has 0 aromatic heterocycles. The van der Waals surface area contributed by atoms with Gasteiger partial charge >= 0.3 is 0 Å². The van der Waals surface area contributed by atoms with Crippen molar-refractivity contribution in [2.24, 2.45) is 0 Å². The molecule has 0 heterocycles. The van der Waals surface area contributed by atoms with Crippen molar-refractivity contribution in [3.05, 3.63) is 6.92 Å². The Labute approximate surface area is 71.2 Å². The molecule has 11 heavy (non-hydrogen) atoms. The summed E-state index contributed by atoms with van der Waals surface area (Å²) in [7, 11) is 0. The normalized spacial score (nSPS) is 13.0. The third kappa shape index (κ3) is 6.17. The van der Waals surface area contributed by atoms with Crippen LogP contribution in [-0.2, 0) is 11.2 Å². The van der Waals surface area contributed by atoms with E-state index in [1.54, 1.807) is 6.26 Å². The fraction of sp³-hybridized carbons (Fsp3) is 0.714. The molecule has 0 amide bonds. The molecule has 3 nitrogen and oxygen atoms in total. The SMILES string of the molecule is [CH2]CN(CC#N)CC[S+](C)[O-]. The van der Waals surface area contributed by atoms with E-state index in [4.69, 9.17) is 5.26 Å². The fourth-order valence-corrected chi connectivity index (χ4v) is 1.14. The Hall–Kier alpha value is -0.240. The minimum absolute atomic E-state index is 0.376. The maximum atomic E-state index is 10.6. The van der Waals surface area contributed by atoms with Crippen LogP contribution < -0.4 is 0 Å². The molecule has 0 saturated carbocycles. The Morgan fingerprint density at radius 2 is 2.36 bits per heavy atom. The van der Waals surface area contributed by atoms with E-state index in [9.17, 15) is 4.55 Å². The molecule has 0 fully saturated rings. The minimum Gasteiger partial charge on any atom is -0.617 e. The van der Waals surface area contributed by atoms with Crippen molar-refractivity contribution in [3.8, 4) is 6.07 Å². The summed E-state index contributed by atoms with van der Waals surface area (Å²) in [6.07, 6.45) is 1.66. The van der Waals surface area contributed by atoms with E-state index >= 15 is 0 Å². The van der Waals surface area contributed by atoms with E-state index in [1.807, 2.05) is 11.0 Å². The molecule has 0 spiro atoms. The molecule has 1 atom stereocenters. The van der Waals surface area contributed by atoms with Crippen molar-refractivity contribution in [3.63, 3.8) is 0 Å². The number of nitriles is 1. The van der Waals surface area contributed by atoms with E-state index in [-0.39, 0.29) is 0 Å². The highest BCUT2D eigenvalue weighted by Gasteiger charge is 2.04. The van der Waals surface area contributed by atoms with Gasteiger partial charge in [-0.15, -0.1) is 0 Å². The lowest BCUT2D eigenvalue weighted by atomic mass is 10.5. The maximum Gasteiger partial charge on any atom is 0.117 e. The van der Waals surface area contributed by atoms with Crippen LogP contribution in [0.25, 0.3) is 0 Å². The predicted octanol–water partition coefficient (Wildman–Crippen LogP) is 0.0246. The molecule has 0 aromatic rings. The molecular weight excluding hydrogens is 160 g/mol. The molecule has 0 N–H and O–H groups in total. The zero-order valence-electron chi connectivity index (χ0n) is 6.75. The molecule has 0 saturated heterocycles. The summed E-state index contributed by atoms with van der Waals surface area (Å²) < 4.78 is 10.6. The second-order valence-corrected chi connectivity index (χ2v) is 3.77. The summed E-state index contributed by atoms with van der Waals surface area (Å²) in [5.74, 6) is 0.622. The van der Waals surface area contributed by atoms with Crippen LogP contribution in [0.2, 0.25) is 0 Å². The molecule has 63 valence electrons. The smallest absolute Gasteiger partial charge is 0.117 e. The molecule has 1 radical (unpaired) electrons. The number of nitrogens with zero attached hydrogens (tertiary/aromatic N) is 2. The van der Waals surface area contributed by atoms with Crippen LogP contribution in [0, 0.1) is 18.3 Å². The van der Waals surface area contributed by atoms with Gasteiger partial charge in [-0.2, -0.15) is 5.26 Å². The van der Waals surface area contributed by atoms with Crippen LogP contribution in [-0.4, -0.2) is 41.1 Å². The first-order valence-electron chi connectivity index (χ1n) is 3.39. The number of rotatable bonds is 5. The van der Waals surface area contributed by atoms with Gasteiger partial charge in [0.05, 0.1) is 18.9 Å². The van der Waals surface area contributed by atoms with Crippen molar-refractivity contribution in [2.75, 3.05) is 31.6 Å². The first-order chi connectivity index (χ1) is 5.20. The Bertz CT molecular complexity index is 133. The lowest BCUT2D eigenvalue weighted by Crippen LogP contribution is -2.29. The lowest BCUT2D eigenvalue weighted by Gasteiger charge is -2.15. The monoisotopic (exact) mass is 173 g/mol. The van der Waals surface area contributed by atoms with Crippen molar-refractivity contribution >= 4 is 11.2 Å². The van der Waals surface area contributed by atoms with Crippen LogP contribution in [0.1, 0.15) is 0 Å². The van der Waals surface area contributed by atoms with E-state index < -0.39 is 11.2 Å². The fourth-order valence-electron chi connectivity index (χ4n) is 0.628. The second kappa shape index (κ2) is 6.47. The summed E-state index contributed by atoms with van der Waals surface area (Å²) in [5, 5.41) is 8.34. The Morgan fingerprint density at radius 3 is 2.73 bits per heavy atom. The summed E-state index contributed by atoms with van der Waals surface area (Å²) in [4.78, 5) is 1.86. The van der Waals surface area contributed by atoms with Crippen molar-refractivity contribution in [2.45, 2.75) is 0 Å². The Morgan fingerprint density at radius 1 is 1.73 bits per heavy atom. The Kier molecular flexibility index (Phi) is 6.33. The van der Waals surface area contributed by atoms with Crippen LogP contribution in [0.15, 0.2) is 0 Å². The third-order valence-electron chi connectivity index (χ3n) is 1.31. The van der Waals surface area contributed by atoms with Gasteiger partial charge in [-0.25, -0.2) is 0 Å². The summed E-state index contributed by atoms with van der Waals surface area (Å²) in [6, 6.07) is 2.03. The largest absolute Gasteiger partial charge is 0.617 e. The standard InChI is InChI=1S/C7H13N2OS/c1-3-9(5-4-8)6-7-11(2)10/h1,3,5-7H2,2H3. The highest BCUT2D eigenvalue weighted by atomic mass is 32.2. The second-order valence-electron chi connectivity index (χ2n) is 2.21. The van der Waals surface area contributed by atoms with E-state index in [1.165, 1.54) is 0 Å². The summed E-state index contributed by atoms with van der Waals surface area (Å²) >= 11 is -0.770. The molecule has 4 heteroatoms. The quantitative estimate of drug-likeness (QED) is 0.435. The predicted molar refractivity (Wildman–Crippen MR) is 46.3 cm³/mol. The van der Waals surface area contributed by atoms with Crippen molar-refractivity contribution < 1.29 is 4.55 Å². The van der Waals surface area contributed by atoms with E-state index in [0.29, 0.717) is 25.4 Å². The number of hydrogen-bond acceptors (Lipinski definition) is 3. The average molecular weight is 173 g/mol. The van der Waals surface area contributed by atoms with Gasteiger partial charge in [0.15, 0.2) is 0 Å². The van der Waals surface area contributed by atoms with E-state index in [0.717, 1.165) is 0 Å². The molecule has 0 aliphatic heterocycles. The zero-order chi connectivity index (χ0) is 8.69. The first kappa shape index (κ1) is 10.8. The van der Waals surface area contributed by atoms with Gasteiger partial charge in [0.2, 0.25) is 0 Å². The van der Waals surface area contributed by atoms with Crippen LogP contribution >= 0.6 is 0 Å². The highest BCUT2D eigenvalue weighted by Crippen LogP contribution is 1.89. The van der Waals surface area contributed by atoms with Gasteiger partial charge < -0.3 is 4.55 Å².